The molecule has 1 atom stereocenters. The van der Waals surface area contributed by atoms with E-state index < -0.39 is 11.4 Å². The third-order valence-electron chi connectivity index (χ3n) is 4.00. The number of hydrogen-bond donors (Lipinski definition) is 1. The van der Waals surface area contributed by atoms with Gasteiger partial charge in [-0.2, -0.15) is 0 Å². The number of carbonyl (C=O) groups is 1. The van der Waals surface area contributed by atoms with Gasteiger partial charge >= 0.3 is 5.97 Å². The number of aryl methyl sites for hydroxylation is 2. The van der Waals surface area contributed by atoms with Gasteiger partial charge in [0.05, 0.1) is 6.04 Å². The standard InChI is InChI=1S/C16H14BrNO3/c1-9-6-15(19)13(16(20)21)8-18(9)14-5-2-10-7-11(17)3-4-12(10)14/h3-4,6-8,14H,2,5H2,1H3,(H,20,21). The van der Waals surface area contributed by atoms with Crippen molar-refractivity contribution < 1.29 is 9.90 Å². The second kappa shape index (κ2) is 5.15. The van der Waals surface area contributed by atoms with Crippen LogP contribution in [0.5, 0.6) is 0 Å². The van der Waals surface area contributed by atoms with E-state index >= 15 is 0 Å². The minimum Gasteiger partial charge on any atom is -0.477 e. The van der Waals surface area contributed by atoms with Crippen molar-refractivity contribution in [1.29, 1.82) is 0 Å². The predicted octanol–water partition coefficient (Wildman–Crippen LogP) is 3.15. The van der Waals surface area contributed by atoms with Crippen LogP contribution in [0.25, 0.3) is 0 Å². The summed E-state index contributed by atoms with van der Waals surface area (Å²) in [6.07, 6.45) is 3.34. The highest BCUT2D eigenvalue weighted by atomic mass is 79.9. The summed E-state index contributed by atoms with van der Waals surface area (Å²) in [5.74, 6) is -1.18. The average Bonchev–Trinajstić information content (AvgIpc) is 2.81. The van der Waals surface area contributed by atoms with Gasteiger partial charge in [0.15, 0.2) is 5.43 Å². The molecule has 2 aromatic rings. The highest BCUT2D eigenvalue weighted by molar-refractivity contribution is 9.10. The van der Waals surface area contributed by atoms with Crippen LogP contribution < -0.4 is 5.43 Å². The number of pyridine rings is 1. The van der Waals surface area contributed by atoms with Gasteiger partial charge in [0.2, 0.25) is 0 Å². The molecule has 108 valence electrons. The smallest absolute Gasteiger partial charge is 0.341 e. The molecule has 5 heteroatoms. The Hall–Kier alpha value is -1.88. The summed E-state index contributed by atoms with van der Waals surface area (Å²) in [5.41, 5.74) is 2.63. The Morgan fingerprint density at radius 3 is 2.86 bits per heavy atom. The van der Waals surface area contributed by atoms with Gasteiger partial charge in [-0.1, -0.05) is 22.0 Å². The van der Waals surface area contributed by atoms with Crippen LogP contribution in [0.3, 0.4) is 0 Å². The maximum absolute atomic E-state index is 11.7. The second-order valence-corrected chi connectivity index (χ2v) is 6.22. The quantitative estimate of drug-likeness (QED) is 0.907. The third-order valence-corrected chi connectivity index (χ3v) is 4.49. The molecule has 0 saturated heterocycles. The number of benzene rings is 1. The number of fused-ring (bicyclic) bond motifs is 1. The SMILES string of the molecule is Cc1cc(=O)c(C(=O)O)cn1C1CCc2cc(Br)ccc21. The second-order valence-electron chi connectivity index (χ2n) is 5.30. The molecule has 0 fully saturated rings. The molecular weight excluding hydrogens is 334 g/mol. The van der Waals surface area contributed by atoms with Crippen molar-refractivity contribution in [1.82, 2.24) is 4.57 Å². The highest BCUT2D eigenvalue weighted by Crippen LogP contribution is 2.36. The summed E-state index contributed by atoms with van der Waals surface area (Å²) in [4.78, 5) is 22.9. The number of carboxylic acids is 1. The Morgan fingerprint density at radius 2 is 2.14 bits per heavy atom. The van der Waals surface area contributed by atoms with Crippen molar-refractivity contribution in [2.75, 3.05) is 0 Å². The van der Waals surface area contributed by atoms with Crippen LogP contribution >= 0.6 is 15.9 Å². The molecule has 0 amide bonds. The van der Waals surface area contributed by atoms with Crippen molar-refractivity contribution >= 4 is 21.9 Å². The van der Waals surface area contributed by atoms with Crippen LogP contribution in [0.15, 0.2) is 39.7 Å². The van der Waals surface area contributed by atoms with E-state index in [4.69, 9.17) is 5.11 Å². The lowest BCUT2D eigenvalue weighted by molar-refractivity contribution is 0.0694. The van der Waals surface area contributed by atoms with Gasteiger partial charge in [-0.05, 0) is 43.0 Å². The molecule has 1 N–H and O–H groups in total. The Labute approximate surface area is 130 Å². The molecule has 1 unspecified atom stereocenters. The van der Waals surface area contributed by atoms with Gasteiger partial charge in [-0.3, -0.25) is 4.79 Å². The number of rotatable bonds is 2. The topological polar surface area (TPSA) is 59.3 Å². The van der Waals surface area contributed by atoms with Gasteiger partial charge < -0.3 is 9.67 Å². The molecule has 1 heterocycles. The first-order valence-corrected chi connectivity index (χ1v) is 7.51. The largest absolute Gasteiger partial charge is 0.477 e. The molecule has 0 aliphatic heterocycles. The molecular formula is C16H14BrNO3. The van der Waals surface area contributed by atoms with E-state index in [1.54, 1.807) is 0 Å². The fraction of sp³-hybridized carbons (Fsp3) is 0.250. The van der Waals surface area contributed by atoms with E-state index in [9.17, 15) is 9.59 Å². The van der Waals surface area contributed by atoms with Crippen molar-refractivity contribution in [2.45, 2.75) is 25.8 Å². The van der Waals surface area contributed by atoms with Gasteiger partial charge in [0.25, 0.3) is 0 Å². The van der Waals surface area contributed by atoms with Crippen LogP contribution in [0.1, 0.15) is 39.6 Å². The maximum Gasteiger partial charge on any atom is 0.341 e. The zero-order valence-electron chi connectivity index (χ0n) is 11.5. The Balaban J connectivity index is 2.13. The molecule has 21 heavy (non-hydrogen) atoms. The average molecular weight is 348 g/mol. The molecule has 1 aromatic carbocycles. The number of carboxylic acid groups (broad SMARTS) is 1. The number of nitrogens with zero attached hydrogens (tertiary/aromatic N) is 1. The van der Waals surface area contributed by atoms with E-state index in [0.717, 1.165) is 23.0 Å². The summed E-state index contributed by atoms with van der Waals surface area (Å²) < 4.78 is 2.95. The van der Waals surface area contributed by atoms with Crippen LogP contribution in [-0.4, -0.2) is 15.6 Å². The van der Waals surface area contributed by atoms with Crippen LogP contribution in [-0.2, 0) is 6.42 Å². The third kappa shape index (κ3) is 2.42. The summed E-state index contributed by atoms with van der Waals surface area (Å²) in [6.45, 7) is 1.84. The van der Waals surface area contributed by atoms with Gasteiger partial charge in [-0.25, -0.2) is 4.79 Å². The van der Waals surface area contributed by atoms with E-state index in [0.29, 0.717) is 0 Å². The lowest BCUT2D eigenvalue weighted by Gasteiger charge is -2.20. The minimum atomic E-state index is -1.18. The van der Waals surface area contributed by atoms with Crippen molar-refractivity contribution in [3.63, 3.8) is 0 Å². The van der Waals surface area contributed by atoms with E-state index in [1.807, 2.05) is 17.6 Å². The molecule has 1 aliphatic rings. The van der Waals surface area contributed by atoms with Crippen molar-refractivity contribution in [3.8, 4) is 0 Å². The summed E-state index contributed by atoms with van der Waals surface area (Å²) in [7, 11) is 0. The first-order chi connectivity index (χ1) is 9.97. The fourth-order valence-corrected chi connectivity index (χ4v) is 3.40. The summed E-state index contributed by atoms with van der Waals surface area (Å²) in [5, 5.41) is 9.14. The zero-order valence-corrected chi connectivity index (χ0v) is 13.1. The van der Waals surface area contributed by atoms with E-state index in [1.165, 1.54) is 23.4 Å². The number of aromatic carboxylic acids is 1. The molecule has 3 rings (SSSR count). The minimum absolute atomic E-state index is 0.0896. The lowest BCUT2D eigenvalue weighted by atomic mass is 10.1. The zero-order chi connectivity index (χ0) is 15.1. The maximum atomic E-state index is 11.7. The van der Waals surface area contributed by atoms with E-state index in [-0.39, 0.29) is 11.6 Å². The molecule has 0 spiro atoms. The van der Waals surface area contributed by atoms with Crippen LogP contribution in [0.4, 0.5) is 0 Å². The van der Waals surface area contributed by atoms with Crippen LogP contribution in [0, 0.1) is 6.92 Å². The summed E-state index contributed by atoms with van der Waals surface area (Å²) in [6, 6.07) is 7.65. The Kier molecular flexibility index (Phi) is 3.45. The molecule has 0 bridgehead atoms. The Morgan fingerprint density at radius 1 is 1.38 bits per heavy atom. The van der Waals surface area contributed by atoms with Crippen molar-refractivity contribution in [3.05, 3.63) is 67.5 Å². The molecule has 4 nitrogen and oxygen atoms in total. The first kappa shape index (κ1) is 14.1. The number of halogens is 1. The highest BCUT2D eigenvalue weighted by Gasteiger charge is 2.25. The normalized spacial score (nSPS) is 16.8. The molecule has 0 radical (unpaired) electrons. The fourth-order valence-electron chi connectivity index (χ4n) is 3.00. The predicted molar refractivity (Wildman–Crippen MR) is 83.0 cm³/mol. The van der Waals surface area contributed by atoms with Gasteiger partial charge in [0, 0.05) is 22.4 Å². The Bertz CT molecular complexity index is 795. The lowest BCUT2D eigenvalue weighted by Crippen LogP contribution is -2.21. The van der Waals surface area contributed by atoms with Crippen LogP contribution in [0.2, 0.25) is 0 Å². The monoisotopic (exact) mass is 347 g/mol. The number of hydrogen-bond acceptors (Lipinski definition) is 2. The van der Waals surface area contributed by atoms with Gasteiger partial charge in [0.1, 0.15) is 5.56 Å². The van der Waals surface area contributed by atoms with Crippen molar-refractivity contribution in [2.24, 2.45) is 0 Å². The first-order valence-electron chi connectivity index (χ1n) is 6.72. The molecule has 0 saturated carbocycles. The molecule has 1 aromatic heterocycles. The number of aromatic nitrogens is 1. The summed E-state index contributed by atoms with van der Waals surface area (Å²) >= 11 is 3.47. The molecule has 1 aliphatic carbocycles. The van der Waals surface area contributed by atoms with Gasteiger partial charge in [-0.15, -0.1) is 0 Å². The van der Waals surface area contributed by atoms with E-state index in [2.05, 4.69) is 28.1 Å².